The molecule has 0 unspecified atom stereocenters. The van der Waals surface area contributed by atoms with Gasteiger partial charge in [0.2, 0.25) is 5.88 Å². The Labute approximate surface area is 165 Å². The van der Waals surface area contributed by atoms with Crippen molar-refractivity contribution in [3.8, 4) is 17.3 Å². The second-order valence-corrected chi connectivity index (χ2v) is 6.41. The fourth-order valence-corrected chi connectivity index (χ4v) is 3.12. The predicted molar refractivity (Wildman–Crippen MR) is 103 cm³/mol. The van der Waals surface area contributed by atoms with Crippen LogP contribution < -0.4 is 21.5 Å². The van der Waals surface area contributed by atoms with Crippen LogP contribution in [0.1, 0.15) is 0 Å². The number of H-pyrrole nitrogens is 2. The molecule has 2 N–H and O–H groups in total. The number of halogens is 2. The molecule has 0 aliphatic carbocycles. The van der Waals surface area contributed by atoms with E-state index in [0.717, 1.165) is 10.9 Å². The third-order valence-electron chi connectivity index (χ3n) is 3.80. The minimum atomic E-state index is -0.749. The fourth-order valence-electron chi connectivity index (χ4n) is 2.57. The second-order valence-electron chi connectivity index (χ2n) is 5.59. The lowest BCUT2D eigenvalue weighted by atomic mass is 10.2. The van der Waals surface area contributed by atoms with Gasteiger partial charge in [-0.3, -0.25) is 14.6 Å². The summed E-state index contributed by atoms with van der Waals surface area (Å²) >= 11 is 12.6. The Bertz CT molecular complexity index is 1370. The Hall–Kier alpha value is -3.43. The van der Waals surface area contributed by atoms with Gasteiger partial charge in [0.25, 0.3) is 11.1 Å². The third-order valence-corrected chi connectivity index (χ3v) is 4.36. The molecule has 0 saturated carbocycles. The summed E-state index contributed by atoms with van der Waals surface area (Å²) in [6.45, 7) is 0. The standard InChI is InChI=1S/C17H9Cl2N5O4/c18-11-5-8(24-17(27)21-13(25)7-20-24)6-12(19)14(11)28-16-10-4-2-1-3-9(10)15(26)22-23-16/h1-7H,(H,22,26)(H,21,25,27). The first-order valence-corrected chi connectivity index (χ1v) is 8.53. The van der Waals surface area contributed by atoms with E-state index >= 15 is 0 Å². The molecular weight excluding hydrogens is 409 g/mol. The van der Waals surface area contributed by atoms with Gasteiger partial charge in [0, 0.05) is 0 Å². The molecule has 140 valence electrons. The highest BCUT2D eigenvalue weighted by atomic mass is 35.5. The summed E-state index contributed by atoms with van der Waals surface area (Å²) in [5.41, 5.74) is -1.52. The minimum Gasteiger partial charge on any atom is -0.434 e. The molecule has 4 rings (SSSR count). The SMILES string of the molecule is O=c1cnn(-c2cc(Cl)c(Oc3n[nH]c(=O)c4ccccc34)c(Cl)c2)c(=O)[nH]1. The van der Waals surface area contributed by atoms with Gasteiger partial charge in [0.1, 0.15) is 6.20 Å². The first-order valence-electron chi connectivity index (χ1n) is 7.77. The average Bonchev–Trinajstić information content (AvgIpc) is 2.66. The van der Waals surface area contributed by atoms with Crippen molar-refractivity contribution in [3.63, 3.8) is 0 Å². The maximum Gasteiger partial charge on any atom is 0.349 e. The highest BCUT2D eigenvalue weighted by molar-refractivity contribution is 6.37. The van der Waals surface area contributed by atoms with Crippen molar-refractivity contribution in [3.05, 3.63) is 83.8 Å². The van der Waals surface area contributed by atoms with Crippen LogP contribution in [0.15, 0.2) is 57.0 Å². The van der Waals surface area contributed by atoms with E-state index in [9.17, 15) is 14.4 Å². The molecule has 11 heteroatoms. The Morgan fingerprint density at radius 3 is 2.36 bits per heavy atom. The molecule has 0 amide bonds. The van der Waals surface area contributed by atoms with Crippen LogP contribution in [0.5, 0.6) is 11.6 Å². The number of fused-ring (bicyclic) bond motifs is 1. The van der Waals surface area contributed by atoms with E-state index in [0.29, 0.717) is 10.8 Å². The largest absolute Gasteiger partial charge is 0.434 e. The summed E-state index contributed by atoms with van der Waals surface area (Å²) in [7, 11) is 0. The Morgan fingerprint density at radius 1 is 1.00 bits per heavy atom. The topological polar surface area (TPSA) is 123 Å². The van der Waals surface area contributed by atoms with Crippen LogP contribution in [-0.4, -0.2) is 25.0 Å². The van der Waals surface area contributed by atoms with E-state index in [1.807, 2.05) is 0 Å². The zero-order valence-electron chi connectivity index (χ0n) is 13.8. The quantitative estimate of drug-likeness (QED) is 0.526. The van der Waals surface area contributed by atoms with Crippen molar-refractivity contribution in [2.24, 2.45) is 0 Å². The van der Waals surface area contributed by atoms with Gasteiger partial charge >= 0.3 is 5.69 Å². The van der Waals surface area contributed by atoms with E-state index in [1.54, 1.807) is 24.3 Å². The fraction of sp³-hybridized carbons (Fsp3) is 0. The summed E-state index contributed by atoms with van der Waals surface area (Å²) in [5, 5.41) is 11.0. The van der Waals surface area contributed by atoms with Gasteiger partial charge in [0.15, 0.2) is 5.75 Å². The van der Waals surface area contributed by atoms with Gasteiger partial charge in [-0.2, -0.15) is 9.78 Å². The highest BCUT2D eigenvalue weighted by Crippen LogP contribution is 2.38. The van der Waals surface area contributed by atoms with Crippen molar-refractivity contribution < 1.29 is 4.74 Å². The number of rotatable bonds is 3. The number of benzene rings is 2. The summed E-state index contributed by atoms with van der Waals surface area (Å²) in [4.78, 5) is 37.0. The van der Waals surface area contributed by atoms with E-state index in [4.69, 9.17) is 27.9 Å². The first-order chi connectivity index (χ1) is 13.4. The first kappa shape index (κ1) is 18.0. The normalized spacial score (nSPS) is 10.9. The lowest BCUT2D eigenvalue weighted by Gasteiger charge is -2.12. The molecule has 0 saturated heterocycles. The van der Waals surface area contributed by atoms with Crippen molar-refractivity contribution in [2.45, 2.75) is 0 Å². The number of nitrogens with one attached hydrogen (secondary N) is 2. The average molecular weight is 418 g/mol. The number of ether oxygens (including phenoxy) is 1. The van der Waals surface area contributed by atoms with Crippen molar-refractivity contribution >= 4 is 34.0 Å². The molecule has 4 aromatic rings. The molecule has 2 heterocycles. The minimum absolute atomic E-state index is 0.0690. The molecule has 0 atom stereocenters. The zero-order chi connectivity index (χ0) is 19.8. The molecule has 0 bridgehead atoms. The molecule has 0 aliphatic rings. The van der Waals surface area contributed by atoms with E-state index in [2.05, 4.69) is 20.3 Å². The summed E-state index contributed by atoms with van der Waals surface area (Å²) in [6, 6.07) is 9.53. The Balaban J connectivity index is 1.80. The maximum atomic E-state index is 11.9. The molecule has 2 aromatic heterocycles. The number of hydrogen-bond acceptors (Lipinski definition) is 6. The van der Waals surface area contributed by atoms with Gasteiger partial charge in [-0.1, -0.05) is 35.3 Å². The van der Waals surface area contributed by atoms with E-state index < -0.39 is 11.2 Å². The number of hydrogen-bond donors (Lipinski definition) is 2. The van der Waals surface area contributed by atoms with Crippen LogP contribution in [0, 0.1) is 0 Å². The van der Waals surface area contributed by atoms with Crippen LogP contribution >= 0.6 is 23.2 Å². The van der Waals surface area contributed by atoms with E-state index in [-0.39, 0.29) is 32.9 Å². The maximum absolute atomic E-state index is 11.9. The van der Waals surface area contributed by atoms with Crippen LogP contribution in [-0.2, 0) is 0 Å². The van der Waals surface area contributed by atoms with Gasteiger partial charge in [0.05, 0.1) is 26.5 Å². The van der Waals surface area contributed by atoms with Crippen LogP contribution in [0.2, 0.25) is 10.0 Å². The molecule has 9 nitrogen and oxygen atoms in total. The van der Waals surface area contributed by atoms with Crippen LogP contribution in [0.25, 0.3) is 16.5 Å². The lowest BCUT2D eigenvalue weighted by molar-refractivity contribution is 0.461. The van der Waals surface area contributed by atoms with Crippen LogP contribution in [0.4, 0.5) is 0 Å². The third kappa shape index (κ3) is 3.17. The second kappa shape index (κ2) is 6.95. The molecular formula is C17H9Cl2N5O4. The Morgan fingerprint density at radius 2 is 1.68 bits per heavy atom. The van der Waals surface area contributed by atoms with Crippen LogP contribution in [0.3, 0.4) is 0 Å². The number of aromatic amines is 2. The monoisotopic (exact) mass is 417 g/mol. The van der Waals surface area contributed by atoms with Crippen molar-refractivity contribution in [2.75, 3.05) is 0 Å². The van der Waals surface area contributed by atoms with Gasteiger partial charge in [-0.05, 0) is 24.3 Å². The molecule has 0 radical (unpaired) electrons. The van der Waals surface area contributed by atoms with Crippen molar-refractivity contribution in [1.29, 1.82) is 0 Å². The molecule has 0 spiro atoms. The molecule has 28 heavy (non-hydrogen) atoms. The smallest absolute Gasteiger partial charge is 0.349 e. The predicted octanol–water partition coefficient (Wildman–Crippen LogP) is 2.26. The number of nitrogens with zero attached hydrogens (tertiary/aromatic N) is 3. The van der Waals surface area contributed by atoms with E-state index in [1.165, 1.54) is 12.1 Å². The molecule has 0 fully saturated rings. The van der Waals surface area contributed by atoms with Crippen molar-refractivity contribution in [1.82, 2.24) is 25.0 Å². The molecule has 0 aliphatic heterocycles. The van der Waals surface area contributed by atoms with Gasteiger partial charge < -0.3 is 4.74 Å². The lowest BCUT2D eigenvalue weighted by Crippen LogP contribution is -2.30. The summed E-state index contributed by atoms with van der Waals surface area (Å²) in [5.74, 6) is 0.181. The summed E-state index contributed by atoms with van der Waals surface area (Å²) in [6.07, 6.45) is 0.948. The highest BCUT2D eigenvalue weighted by Gasteiger charge is 2.16. The zero-order valence-corrected chi connectivity index (χ0v) is 15.3. The van der Waals surface area contributed by atoms with Gasteiger partial charge in [-0.25, -0.2) is 9.89 Å². The number of aromatic nitrogens is 5. The summed E-state index contributed by atoms with van der Waals surface area (Å²) < 4.78 is 6.66. The van der Waals surface area contributed by atoms with Gasteiger partial charge in [-0.15, -0.1) is 5.10 Å². The Kier molecular flexibility index (Phi) is 4.46. The molecule has 2 aromatic carbocycles.